The van der Waals surface area contributed by atoms with E-state index in [4.69, 9.17) is 4.74 Å². The first kappa shape index (κ1) is 16.5. The monoisotopic (exact) mass is 277 g/mol. The van der Waals surface area contributed by atoms with Gasteiger partial charge in [-0.25, -0.2) is 0 Å². The van der Waals surface area contributed by atoms with Gasteiger partial charge in [-0.2, -0.15) is 0 Å². The first-order valence-electron chi connectivity index (χ1n) is 7.34. The number of carbonyl (C=O) groups excluding carboxylic acids is 1. The lowest BCUT2D eigenvalue weighted by atomic mass is 10.1. The van der Waals surface area contributed by atoms with Crippen molar-refractivity contribution in [2.75, 3.05) is 13.6 Å². The highest BCUT2D eigenvalue weighted by atomic mass is 16.5. The van der Waals surface area contributed by atoms with E-state index >= 15 is 0 Å². The third-order valence-electron chi connectivity index (χ3n) is 2.98. The second-order valence-corrected chi connectivity index (χ2v) is 6.20. The predicted molar refractivity (Wildman–Crippen MR) is 83.1 cm³/mol. The van der Waals surface area contributed by atoms with Gasteiger partial charge in [0.15, 0.2) is 0 Å². The zero-order chi connectivity index (χ0) is 15.2. The summed E-state index contributed by atoms with van der Waals surface area (Å²) in [5.74, 6) is 1.01. The summed E-state index contributed by atoms with van der Waals surface area (Å²) >= 11 is 0. The molecule has 0 aromatic heterocycles. The number of likely N-dealkylation sites (N-methyl/N-ethyl adjacent to an activating group) is 1. The number of unbranched alkanes of at least 4 members (excludes halogenated alkanes) is 1. The van der Waals surface area contributed by atoms with Crippen LogP contribution in [0.2, 0.25) is 0 Å². The smallest absolute Gasteiger partial charge is 0.226 e. The minimum absolute atomic E-state index is 0.169. The molecule has 0 bridgehead atoms. The van der Waals surface area contributed by atoms with Crippen molar-refractivity contribution in [1.82, 2.24) is 4.90 Å². The molecule has 1 aromatic carbocycles. The van der Waals surface area contributed by atoms with Gasteiger partial charge in [0.25, 0.3) is 0 Å². The largest absolute Gasteiger partial charge is 0.488 e. The Kier molecular flexibility index (Phi) is 6.05. The second kappa shape index (κ2) is 7.32. The van der Waals surface area contributed by atoms with Gasteiger partial charge in [0.1, 0.15) is 11.4 Å². The fourth-order valence-electron chi connectivity index (χ4n) is 1.86. The molecule has 0 aliphatic heterocycles. The Morgan fingerprint density at radius 1 is 1.20 bits per heavy atom. The van der Waals surface area contributed by atoms with Crippen molar-refractivity contribution < 1.29 is 9.53 Å². The molecule has 20 heavy (non-hydrogen) atoms. The molecule has 0 heterocycles. The molecule has 0 unspecified atom stereocenters. The molecule has 1 amide bonds. The Labute approximate surface area is 122 Å². The maximum absolute atomic E-state index is 12.0. The van der Waals surface area contributed by atoms with E-state index in [0.29, 0.717) is 6.42 Å². The van der Waals surface area contributed by atoms with Crippen molar-refractivity contribution in [2.45, 2.75) is 52.6 Å². The number of carbonyl (C=O) groups is 1. The van der Waals surface area contributed by atoms with Crippen LogP contribution in [0.25, 0.3) is 0 Å². The fourth-order valence-corrected chi connectivity index (χ4v) is 1.86. The molecule has 0 aliphatic rings. The van der Waals surface area contributed by atoms with Crippen LogP contribution in [0.4, 0.5) is 0 Å². The highest BCUT2D eigenvalue weighted by Crippen LogP contribution is 2.18. The highest BCUT2D eigenvalue weighted by Gasteiger charge is 2.12. The number of amides is 1. The molecule has 0 spiro atoms. The first-order valence-corrected chi connectivity index (χ1v) is 7.34. The molecule has 0 aliphatic carbocycles. The number of nitrogens with zero attached hydrogens (tertiary/aromatic N) is 1. The second-order valence-electron chi connectivity index (χ2n) is 6.20. The third-order valence-corrected chi connectivity index (χ3v) is 2.98. The topological polar surface area (TPSA) is 29.5 Å². The maximum atomic E-state index is 12.0. The van der Waals surface area contributed by atoms with Crippen LogP contribution in [-0.2, 0) is 11.2 Å². The van der Waals surface area contributed by atoms with Crippen LogP contribution in [0, 0.1) is 0 Å². The Bertz CT molecular complexity index is 418. The van der Waals surface area contributed by atoms with Crippen molar-refractivity contribution in [3.63, 3.8) is 0 Å². The quantitative estimate of drug-likeness (QED) is 0.794. The number of hydrogen-bond donors (Lipinski definition) is 0. The SMILES string of the molecule is CCCCN(C)C(=O)Cc1ccc(OC(C)(C)C)cc1. The number of rotatable bonds is 6. The highest BCUT2D eigenvalue weighted by molar-refractivity contribution is 5.78. The molecule has 0 radical (unpaired) electrons. The van der Waals surface area contributed by atoms with E-state index in [2.05, 4.69) is 6.92 Å². The van der Waals surface area contributed by atoms with Crippen LogP contribution in [0.5, 0.6) is 5.75 Å². The summed E-state index contributed by atoms with van der Waals surface area (Å²) in [6.07, 6.45) is 2.62. The molecule has 3 nitrogen and oxygen atoms in total. The van der Waals surface area contributed by atoms with Crippen molar-refractivity contribution in [3.8, 4) is 5.75 Å². The van der Waals surface area contributed by atoms with Crippen molar-refractivity contribution in [2.24, 2.45) is 0 Å². The van der Waals surface area contributed by atoms with E-state index in [1.165, 1.54) is 0 Å². The molecular formula is C17H27NO2. The Morgan fingerprint density at radius 2 is 1.80 bits per heavy atom. The predicted octanol–water partition coefficient (Wildman–Crippen LogP) is 3.66. The average Bonchev–Trinajstić information content (AvgIpc) is 2.36. The molecule has 0 atom stereocenters. The lowest BCUT2D eigenvalue weighted by Gasteiger charge is -2.21. The van der Waals surface area contributed by atoms with Crippen molar-refractivity contribution >= 4 is 5.91 Å². The number of ether oxygens (including phenoxy) is 1. The standard InChI is InChI=1S/C17H27NO2/c1-6-7-12-18(5)16(19)13-14-8-10-15(11-9-14)20-17(2,3)4/h8-11H,6-7,12-13H2,1-5H3. The zero-order valence-corrected chi connectivity index (χ0v) is 13.4. The summed E-state index contributed by atoms with van der Waals surface area (Å²) in [5, 5.41) is 0. The normalized spacial score (nSPS) is 11.2. The zero-order valence-electron chi connectivity index (χ0n) is 13.4. The molecule has 0 fully saturated rings. The number of benzene rings is 1. The molecule has 0 saturated heterocycles. The summed E-state index contributed by atoms with van der Waals surface area (Å²) in [7, 11) is 1.87. The van der Waals surface area contributed by atoms with E-state index in [-0.39, 0.29) is 11.5 Å². The summed E-state index contributed by atoms with van der Waals surface area (Å²) in [6, 6.07) is 7.79. The van der Waals surface area contributed by atoms with Crippen LogP contribution in [-0.4, -0.2) is 30.0 Å². The third kappa shape index (κ3) is 6.09. The van der Waals surface area contributed by atoms with Crippen LogP contribution >= 0.6 is 0 Å². The lowest BCUT2D eigenvalue weighted by molar-refractivity contribution is -0.129. The number of hydrogen-bond acceptors (Lipinski definition) is 2. The summed E-state index contributed by atoms with van der Waals surface area (Å²) in [6.45, 7) is 9.03. The lowest BCUT2D eigenvalue weighted by Crippen LogP contribution is -2.29. The van der Waals surface area contributed by atoms with Crippen molar-refractivity contribution in [1.29, 1.82) is 0 Å². The average molecular weight is 277 g/mol. The summed E-state index contributed by atoms with van der Waals surface area (Å²) < 4.78 is 5.77. The van der Waals surface area contributed by atoms with E-state index in [1.807, 2.05) is 57.0 Å². The van der Waals surface area contributed by atoms with Crippen LogP contribution in [0.3, 0.4) is 0 Å². The first-order chi connectivity index (χ1) is 9.31. The van der Waals surface area contributed by atoms with Gasteiger partial charge in [-0.05, 0) is 44.9 Å². The Hall–Kier alpha value is -1.51. The van der Waals surface area contributed by atoms with E-state index in [0.717, 1.165) is 30.7 Å². The van der Waals surface area contributed by atoms with Crippen LogP contribution in [0.15, 0.2) is 24.3 Å². The maximum Gasteiger partial charge on any atom is 0.226 e. The van der Waals surface area contributed by atoms with Crippen LogP contribution < -0.4 is 4.74 Å². The van der Waals surface area contributed by atoms with Crippen LogP contribution in [0.1, 0.15) is 46.1 Å². The van der Waals surface area contributed by atoms with Gasteiger partial charge in [0, 0.05) is 13.6 Å². The van der Waals surface area contributed by atoms with Crippen molar-refractivity contribution in [3.05, 3.63) is 29.8 Å². The molecule has 112 valence electrons. The minimum Gasteiger partial charge on any atom is -0.488 e. The minimum atomic E-state index is -0.197. The van der Waals surface area contributed by atoms with Gasteiger partial charge in [-0.15, -0.1) is 0 Å². The molecule has 0 saturated carbocycles. The molecule has 1 aromatic rings. The van der Waals surface area contributed by atoms with Gasteiger partial charge in [0.05, 0.1) is 6.42 Å². The molecule has 0 N–H and O–H groups in total. The van der Waals surface area contributed by atoms with E-state index in [9.17, 15) is 4.79 Å². The molecule has 3 heteroatoms. The van der Waals surface area contributed by atoms with Gasteiger partial charge < -0.3 is 9.64 Å². The Morgan fingerprint density at radius 3 is 2.30 bits per heavy atom. The Balaban J connectivity index is 2.55. The van der Waals surface area contributed by atoms with Gasteiger partial charge in [-0.3, -0.25) is 4.79 Å². The van der Waals surface area contributed by atoms with E-state index < -0.39 is 0 Å². The van der Waals surface area contributed by atoms with Gasteiger partial charge >= 0.3 is 0 Å². The summed E-state index contributed by atoms with van der Waals surface area (Å²) in [5.41, 5.74) is 0.831. The molecular weight excluding hydrogens is 250 g/mol. The fraction of sp³-hybridized carbons (Fsp3) is 0.588. The van der Waals surface area contributed by atoms with Gasteiger partial charge in [-0.1, -0.05) is 25.5 Å². The summed E-state index contributed by atoms with van der Waals surface area (Å²) in [4.78, 5) is 13.8. The molecule has 1 rings (SSSR count). The van der Waals surface area contributed by atoms with E-state index in [1.54, 1.807) is 0 Å². The van der Waals surface area contributed by atoms with Gasteiger partial charge in [0.2, 0.25) is 5.91 Å².